The van der Waals surface area contributed by atoms with Crippen molar-refractivity contribution in [1.29, 1.82) is 0 Å². The van der Waals surface area contributed by atoms with Gasteiger partial charge in [0.1, 0.15) is 17.7 Å². The lowest BCUT2D eigenvalue weighted by molar-refractivity contribution is 0.166. The van der Waals surface area contributed by atoms with Crippen LogP contribution in [0.1, 0.15) is 11.3 Å². The molecule has 2 aliphatic rings. The number of anilines is 1. The van der Waals surface area contributed by atoms with Gasteiger partial charge in [-0.15, -0.1) is 0 Å². The van der Waals surface area contributed by atoms with E-state index in [1.165, 1.54) is 17.1 Å². The standard InChI is InChI=1S/C22H22N6O/c1-2-15-12-16(3-4-19(15)24-8-1)29-17-13-27(14-17)22-18-5-9-23-10-6-20(18)26-21-7-11-25-28(21)22/h1-4,7-8,11-12,17,23H,5-6,9-10,13-14H2. The largest absolute Gasteiger partial charge is 0.487 e. The molecule has 0 amide bonds. The number of benzene rings is 1. The Morgan fingerprint density at radius 1 is 1.03 bits per heavy atom. The Balaban J connectivity index is 1.26. The molecule has 0 aliphatic carbocycles. The van der Waals surface area contributed by atoms with Gasteiger partial charge in [0.25, 0.3) is 0 Å². The van der Waals surface area contributed by atoms with Crippen molar-refractivity contribution in [2.75, 3.05) is 31.1 Å². The highest BCUT2D eigenvalue weighted by Gasteiger charge is 2.33. The van der Waals surface area contributed by atoms with Crippen LogP contribution in [0.2, 0.25) is 0 Å². The molecule has 7 nitrogen and oxygen atoms in total. The number of hydrogen-bond donors (Lipinski definition) is 1. The average Bonchev–Trinajstić information content (AvgIpc) is 3.06. The first-order valence-electron chi connectivity index (χ1n) is 10.2. The Hall–Kier alpha value is -3.19. The van der Waals surface area contributed by atoms with E-state index in [0.717, 1.165) is 61.3 Å². The quantitative estimate of drug-likeness (QED) is 0.582. The molecule has 29 heavy (non-hydrogen) atoms. The van der Waals surface area contributed by atoms with Gasteiger partial charge in [-0.2, -0.15) is 9.61 Å². The topological polar surface area (TPSA) is 67.6 Å². The summed E-state index contributed by atoms with van der Waals surface area (Å²) in [6, 6.07) is 12.1. The van der Waals surface area contributed by atoms with Gasteiger partial charge in [0.15, 0.2) is 5.65 Å². The van der Waals surface area contributed by atoms with Crippen LogP contribution in [-0.2, 0) is 12.8 Å². The highest BCUT2D eigenvalue weighted by atomic mass is 16.5. The maximum atomic E-state index is 6.25. The molecule has 0 saturated carbocycles. The first-order chi connectivity index (χ1) is 14.3. The fourth-order valence-corrected chi connectivity index (χ4v) is 4.34. The van der Waals surface area contributed by atoms with Crippen LogP contribution in [0, 0.1) is 0 Å². The summed E-state index contributed by atoms with van der Waals surface area (Å²) in [5, 5.41) is 9.13. The first kappa shape index (κ1) is 16.7. The van der Waals surface area contributed by atoms with Gasteiger partial charge in [-0.25, -0.2) is 4.98 Å². The Morgan fingerprint density at radius 2 is 1.97 bits per heavy atom. The number of hydrogen-bond acceptors (Lipinski definition) is 6. The third kappa shape index (κ3) is 2.89. The second kappa shape index (κ2) is 6.70. The molecule has 1 fully saturated rings. The van der Waals surface area contributed by atoms with E-state index in [4.69, 9.17) is 9.72 Å². The van der Waals surface area contributed by atoms with Crippen LogP contribution in [0.25, 0.3) is 16.6 Å². The summed E-state index contributed by atoms with van der Waals surface area (Å²) >= 11 is 0. The number of ether oxygens (including phenoxy) is 1. The summed E-state index contributed by atoms with van der Waals surface area (Å²) in [6.07, 6.45) is 5.76. The molecule has 7 heteroatoms. The minimum atomic E-state index is 0.169. The fraction of sp³-hybridized carbons (Fsp3) is 0.318. The zero-order valence-electron chi connectivity index (χ0n) is 16.1. The van der Waals surface area contributed by atoms with E-state index in [9.17, 15) is 0 Å². The van der Waals surface area contributed by atoms with Crippen LogP contribution < -0.4 is 15.0 Å². The van der Waals surface area contributed by atoms with E-state index in [1.807, 2.05) is 41.2 Å². The van der Waals surface area contributed by atoms with E-state index in [1.54, 1.807) is 0 Å². The van der Waals surface area contributed by atoms with Gasteiger partial charge < -0.3 is 15.0 Å². The molecule has 1 N–H and O–H groups in total. The highest BCUT2D eigenvalue weighted by molar-refractivity contribution is 5.79. The summed E-state index contributed by atoms with van der Waals surface area (Å²) in [6.45, 7) is 3.66. The molecule has 0 atom stereocenters. The molecule has 6 rings (SSSR count). The van der Waals surface area contributed by atoms with Gasteiger partial charge in [-0.05, 0) is 37.2 Å². The van der Waals surface area contributed by atoms with E-state index in [-0.39, 0.29) is 6.10 Å². The van der Waals surface area contributed by atoms with E-state index >= 15 is 0 Å². The van der Waals surface area contributed by atoms with Gasteiger partial charge in [0.05, 0.1) is 30.5 Å². The molecule has 0 unspecified atom stereocenters. The van der Waals surface area contributed by atoms with Crippen molar-refractivity contribution in [2.45, 2.75) is 18.9 Å². The van der Waals surface area contributed by atoms with Crippen molar-refractivity contribution < 1.29 is 4.74 Å². The van der Waals surface area contributed by atoms with Crippen molar-refractivity contribution in [3.8, 4) is 5.75 Å². The first-order valence-corrected chi connectivity index (χ1v) is 10.2. The van der Waals surface area contributed by atoms with Crippen LogP contribution in [-0.4, -0.2) is 51.9 Å². The van der Waals surface area contributed by atoms with Crippen molar-refractivity contribution in [3.63, 3.8) is 0 Å². The number of rotatable bonds is 3. The van der Waals surface area contributed by atoms with Gasteiger partial charge in [0.2, 0.25) is 0 Å². The lowest BCUT2D eigenvalue weighted by Gasteiger charge is -2.41. The molecule has 4 aromatic rings. The molecule has 1 aromatic carbocycles. The molecule has 2 aliphatic heterocycles. The zero-order chi connectivity index (χ0) is 19.2. The Kier molecular flexibility index (Phi) is 3.87. The molecular weight excluding hydrogens is 364 g/mol. The Bertz CT molecular complexity index is 1200. The minimum Gasteiger partial charge on any atom is -0.487 e. The predicted octanol–water partition coefficient (Wildman–Crippen LogP) is 2.23. The van der Waals surface area contributed by atoms with Crippen molar-refractivity contribution >= 4 is 22.4 Å². The molecule has 0 spiro atoms. The Labute approximate surface area is 168 Å². The number of pyridine rings is 1. The van der Waals surface area contributed by atoms with Crippen LogP contribution in [0.5, 0.6) is 5.75 Å². The maximum Gasteiger partial charge on any atom is 0.157 e. The molecule has 1 saturated heterocycles. The van der Waals surface area contributed by atoms with Gasteiger partial charge in [-0.1, -0.05) is 6.07 Å². The average molecular weight is 386 g/mol. The summed E-state index contributed by atoms with van der Waals surface area (Å²) in [4.78, 5) is 11.6. The molecule has 0 radical (unpaired) electrons. The number of nitrogens with zero attached hydrogens (tertiary/aromatic N) is 5. The third-order valence-corrected chi connectivity index (χ3v) is 5.81. The summed E-state index contributed by atoms with van der Waals surface area (Å²) in [5.41, 5.74) is 4.43. The van der Waals surface area contributed by atoms with Crippen LogP contribution in [0.4, 0.5) is 5.82 Å². The molecule has 5 heterocycles. The summed E-state index contributed by atoms with van der Waals surface area (Å²) in [7, 11) is 0. The predicted molar refractivity (Wildman–Crippen MR) is 112 cm³/mol. The van der Waals surface area contributed by atoms with Crippen molar-refractivity contribution in [1.82, 2.24) is 24.9 Å². The van der Waals surface area contributed by atoms with Crippen LogP contribution in [0.3, 0.4) is 0 Å². The van der Waals surface area contributed by atoms with Crippen LogP contribution >= 0.6 is 0 Å². The number of fused-ring (bicyclic) bond motifs is 3. The van der Waals surface area contributed by atoms with E-state index in [0.29, 0.717) is 0 Å². The van der Waals surface area contributed by atoms with E-state index < -0.39 is 0 Å². The Morgan fingerprint density at radius 3 is 2.93 bits per heavy atom. The summed E-state index contributed by atoms with van der Waals surface area (Å²) < 4.78 is 8.23. The highest BCUT2D eigenvalue weighted by Crippen LogP contribution is 2.31. The molecule has 0 bridgehead atoms. The monoisotopic (exact) mass is 386 g/mol. The summed E-state index contributed by atoms with van der Waals surface area (Å²) in [5.74, 6) is 2.08. The fourth-order valence-electron chi connectivity index (χ4n) is 4.34. The lowest BCUT2D eigenvalue weighted by atomic mass is 10.1. The second-order valence-electron chi connectivity index (χ2n) is 7.71. The van der Waals surface area contributed by atoms with Crippen LogP contribution in [0.15, 0.2) is 48.8 Å². The number of aromatic nitrogens is 4. The lowest BCUT2D eigenvalue weighted by Crippen LogP contribution is -2.55. The normalized spacial score (nSPS) is 17.2. The third-order valence-electron chi connectivity index (χ3n) is 5.81. The van der Waals surface area contributed by atoms with E-state index in [2.05, 4.69) is 32.4 Å². The second-order valence-corrected chi connectivity index (χ2v) is 7.71. The van der Waals surface area contributed by atoms with Gasteiger partial charge >= 0.3 is 0 Å². The zero-order valence-corrected chi connectivity index (χ0v) is 16.1. The minimum absolute atomic E-state index is 0.169. The van der Waals surface area contributed by atoms with Gasteiger partial charge in [-0.3, -0.25) is 4.98 Å². The van der Waals surface area contributed by atoms with Crippen molar-refractivity contribution in [2.24, 2.45) is 0 Å². The maximum absolute atomic E-state index is 6.25. The van der Waals surface area contributed by atoms with Gasteiger partial charge in [0, 0.05) is 36.2 Å². The molecule has 146 valence electrons. The molecular formula is C22H22N6O. The SMILES string of the molecule is c1cnc2ccc(OC3CN(c4c5c(nc6ccnn46)CCNCC5)C3)cc2c1. The smallest absolute Gasteiger partial charge is 0.157 e. The van der Waals surface area contributed by atoms with Crippen molar-refractivity contribution in [3.05, 3.63) is 60.0 Å². The number of nitrogens with one attached hydrogen (secondary N) is 1. The molecule has 3 aromatic heterocycles.